The standard InChI is InChI=1S/C18H13F2NO5/c1-23-12-3-4-13-10(9-24-15(13)8-12)6-17(22)21-11-2-5-14-16(7-11)26-18(19,20)25-14/h2-5,7-9H,6H2,1H3,(H,21,22). The van der Waals surface area contributed by atoms with Crippen molar-refractivity contribution in [1.82, 2.24) is 0 Å². The van der Waals surface area contributed by atoms with E-state index in [1.807, 2.05) is 6.07 Å². The van der Waals surface area contributed by atoms with Crippen LogP contribution >= 0.6 is 0 Å². The number of hydrogen-bond acceptors (Lipinski definition) is 5. The van der Waals surface area contributed by atoms with Gasteiger partial charge in [-0.1, -0.05) is 0 Å². The molecule has 2 heterocycles. The number of methoxy groups -OCH3 is 1. The van der Waals surface area contributed by atoms with E-state index in [1.165, 1.54) is 24.5 Å². The minimum Gasteiger partial charge on any atom is -0.497 e. The second kappa shape index (κ2) is 5.91. The van der Waals surface area contributed by atoms with Crippen LogP contribution in [0, 0.1) is 0 Å². The summed E-state index contributed by atoms with van der Waals surface area (Å²) in [6.07, 6.45) is -2.13. The fraction of sp³-hybridized carbons (Fsp3) is 0.167. The molecule has 134 valence electrons. The molecule has 0 fully saturated rings. The zero-order chi connectivity index (χ0) is 18.3. The van der Waals surface area contributed by atoms with E-state index in [2.05, 4.69) is 14.8 Å². The Balaban J connectivity index is 1.48. The molecule has 0 radical (unpaired) electrons. The summed E-state index contributed by atoms with van der Waals surface area (Å²) in [5.74, 6) is 0.116. The van der Waals surface area contributed by atoms with Crippen molar-refractivity contribution in [3.05, 3.63) is 48.2 Å². The number of alkyl halides is 2. The number of hydrogen-bond donors (Lipinski definition) is 1. The molecule has 1 amide bonds. The predicted octanol–water partition coefficient (Wildman–Crippen LogP) is 3.94. The number of rotatable bonds is 4. The molecule has 0 saturated carbocycles. The number of carbonyl (C=O) groups excluding carboxylic acids is 1. The van der Waals surface area contributed by atoms with E-state index in [0.717, 1.165) is 5.39 Å². The van der Waals surface area contributed by atoms with Gasteiger partial charge in [0.05, 0.1) is 19.8 Å². The van der Waals surface area contributed by atoms with Gasteiger partial charge in [0, 0.05) is 28.8 Å². The average molecular weight is 361 g/mol. The molecule has 1 aliphatic heterocycles. The number of fused-ring (bicyclic) bond motifs is 2. The first-order valence-electron chi connectivity index (χ1n) is 7.67. The molecule has 2 aromatic carbocycles. The Morgan fingerprint density at radius 1 is 1.15 bits per heavy atom. The Bertz CT molecular complexity index is 998. The van der Waals surface area contributed by atoms with Gasteiger partial charge in [0.15, 0.2) is 11.5 Å². The van der Waals surface area contributed by atoms with Crippen molar-refractivity contribution in [3.63, 3.8) is 0 Å². The third-order valence-corrected chi connectivity index (χ3v) is 3.90. The average Bonchev–Trinajstić information content (AvgIpc) is 3.12. The highest BCUT2D eigenvalue weighted by atomic mass is 19.3. The van der Waals surface area contributed by atoms with Crippen LogP contribution in [0.5, 0.6) is 17.2 Å². The lowest BCUT2D eigenvalue weighted by molar-refractivity contribution is -0.286. The predicted molar refractivity (Wildman–Crippen MR) is 87.7 cm³/mol. The highest BCUT2D eigenvalue weighted by molar-refractivity contribution is 5.95. The van der Waals surface area contributed by atoms with Gasteiger partial charge in [-0.3, -0.25) is 4.79 Å². The zero-order valence-corrected chi connectivity index (χ0v) is 13.5. The number of ether oxygens (including phenoxy) is 3. The summed E-state index contributed by atoms with van der Waals surface area (Å²) in [5, 5.41) is 3.44. The maximum Gasteiger partial charge on any atom is 0.586 e. The van der Waals surface area contributed by atoms with Crippen LogP contribution in [0.4, 0.5) is 14.5 Å². The topological polar surface area (TPSA) is 69.9 Å². The molecular weight excluding hydrogens is 348 g/mol. The van der Waals surface area contributed by atoms with Gasteiger partial charge in [-0.15, -0.1) is 8.78 Å². The van der Waals surface area contributed by atoms with Gasteiger partial charge in [0.1, 0.15) is 11.3 Å². The van der Waals surface area contributed by atoms with Crippen LogP contribution in [0.3, 0.4) is 0 Å². The van der Waals surface area contributed by atoms with Crippen LogP contribution < -0.4 is 19.5 Å². The second-order valence-electron chi connectivity index (χ2n) is 5.68. The quantitative estimate of drug-likeness (QED) is 0.762. The highest BCUT2D eigenvalue weighted by Crippen LogP contribution is 2.42. The molecule has 1 aromatic heterocycles. The Morgan fingerprint density at radius 3 is 2.77 bits per heavy atom. The molecule has 0 bridgehead atoms. The minimum absolute atomic E-state index is 0.0595. The first kappa shape index (κ1) is 16.2. The summed E-state index contributed by atoms with van der Waals surface area (Å²) in [5.41, 5.74) is 1.63. The number of benzene rings is 2. The van der Waals surface area contributed by atoms with E-state index in [4.69, 9.17) is 9.15 Å². The molecule has 26 heavy (non-hydrogen) atoms. The summed E-state index contributed by atoms with van der Waals surface area (Å²) in [6, 6.07) is 9.37. The molecular formula is C18H13F2NO5. The van der Waals surface area contributed by atoms with Gasteiger partial charge in [0.25, 0.3) is 0 Å². The monoisotopic (exact) mass is 361 g/mol. The van der Waals surface area contributed by atoms with E-state index in [1.54, 1.807) is 19.2 Å². The highest BCUT2D eigenvalue weighted by Gasteiger charge is 2.43. The summed E-state index contributed by atoms with van der Waals surface area (Å²) in [7, 11) is 1.56. The Labute approximate surface area is 146 Å². The Hall–Kier alpha value is -3.29. The van der Waals surface area contributed by atoms with Crippen LogP contribution in [-0.4, -0.2) is 19.3 Å². The molecule has 4 rings (SSSR count). The van der Waals surface area contributed by atoms with E-state index >= 15 is 0 Å². The van der Waals surface area contributed by atoms with E-state index < -0.39 is 6.29 Å². The smallest absolute Gasteiger partial charge is 0.497 e. The fourth-order valence-corrected chi connectivity index (χ4v) is 2.73. The number of anilines is 1. The normalized spacial score (nSPS) is 14.4. The molecule has 1 aliphatic rings. The van der Waals surface area contributed by atoms with Gasteiger partial charge >= 0.3 is 6.29 Å². The van der Waals surface area contributed by atoms with Gasteiger partial charge < -0.3 is 23.9 Å². The Morgan fingerprint density at radius 2 is 1.96 bits per heavy atom. The molecule has 6 nitrogen and oxygen atoms in total. The maximum atomic E-state index is 13.0. The lowest BCUT2D eigenvalue weighted by Crippen LogP contribution is -2.25. The van der Waals surface area contributed by atoms with Crippen molar-refractivity contribution < 1.29 is 32.2 Å². The largest absolute Gasteiger partial charge is 0.586 e. The summed E-state index contributed by atoms with van der Waals surface area (Å²) < 4.78 is 45.3. The van der Waals surface area contributed by atoms with Gasteiger partial charge in [-0.05, 0) is 24.3 Å². The number of amides is 1. The zero-order valence-electron chi connectivity index (χ0n) is 13.5. The van der Waals surface area contributed by atoms with Crippen molar-refractivity contribution in [2.45, 2.75) is 12.7 Å². The molecule has 0 saturated heterocycles. The van der Waals surface area contributed by atoms with Crippen LogP contribution in [0.15, 0.2) is 47.1 Å². The van der Waals surface area contributed by atoms with Crippen molar-refractivity contribution >= 4 is 22.6 Å². The first-order chi connectivity index (χ1) is 12.4. The Kier molecular flexibility index (Phi) is 3.68. The van der Waals surface area contributed by atoms with Crippen molar-refractivity contribution in [2.75, 3.05) is 12.4 Å². The van der Waals surface area contributed by atoms with Crippen molar-refractivity contribution in [1.29, 1.82) is 0 Å². The number of halogens is 2. The van der Waals surface area contributed by atoms with Crippen LogP contribution in [0.1, 0.15) is 5.56 Å². The van der Waals surface area contributed by atoms with Gasteiger partial charge in [0.2, 0.25) is 5.91 Å². The lowest BCUT2D eigenvalue weighted by atomic mass is 10.1. The lowest BCUT2D eigenvalue weighted by Gasteiger charge is -2.06. The molecule has 0 aliphatic carbocycles. The SMILES string of the molecule is COc1ccc2c(CC(=O)Nc3ccc4c(c3)OC(F)(F)O4)coc2c1. The van der Waals surface area contributed by atoms with Crippen LogP contribution in [-0.2, 0) is 11.2 Å². The minimum atomic E-state index is -3.69. The van der Waals surface area contributed by atoms with Crippen molar-refractivity contribution in [2.24, 2.45) is 0 Å². The third-order valence-electron chi connectivity index (χ3n) is 3.90. The molecule has 1 N–H and O–H groups in total. The number of furan rings is 1. The summed E-state index contributed by atoms with van der Waals surface area (Å²) in [6.45, 7) is 0. The van der Waals surface area contributed by atoms with Gasteiger partial charge in [-0.25, -0.2) is 0 Å². The summed E-state index contributed by atoms with van der Waals surface area (Å²) in [4.78, 5) is 12.3. The van der Waals surface area contributed by atoms with E-state index in [0.29, 0.717) is 22.6 Å². The number of nitrogens with one attached hydrogen (secondary N) is 1. The molecule has 0 spiro atoms. The van der Waals surface area contributed by atoms with E-state index in [-0.39, 0.29) is 23.8 Å². The third kappa shape index (κ3) is 3.01. The molecule has 3 aromatic rings. The fourth-order valence-electron chi connectivity index (χ4n) is 2.73. The van der Waals surface area contributed by atoms with E-state index in [9.17, 15) is 13.6 Å². The van der Waals surface area contributed by atoms with Crippen LogP contribution in [0.25, 0.3) is 11.0 Å². The number of carbonyl (C=O) groups is 1. The van der Waals surface area contributed by atoms with Crippen molar-refractivity contribution in [3.8, 4) is 17.2 Å². The first-order valence-corrected chi connectivity index (χ1v) is 7.67. The second-order valence-corrected chi connectivity index (χ2v) is 5.68. The molecule has 0 unspecified atom stereocenters. The molecule has 0 atom stereocenters. The molecule has 8 heteroatoms. The maximum absolute atomic E-state index is 13.0. The van der Waals surface area contributed by atoms with Gasteiger partial charge in [-0.2, -0.15) is 0 Å². The van der Waals surface area contributed by atoms with Crippen LogP contribution in [0.2, 0.25) is 0 Å². The summed E-state index contributed by atoms with van der Waals surface area (Å²) >= 11 is 0.